The van der Waals surface area contributed by atoms with E-state index in [-0.39, 0.29) is 24.1 Å². The summed E-state index contributed by atoms with van der Waals surface area (Å²) in [6.07, 6.45) is 3.14. The molecule has 1 N–H and O–H groups in total. The maximum atomic E-state index is 12.6. The third kappa shape index (κ3) is 3.80. The topological polar surface area (TPSA) is 81.8 Å². The summed E-state index contributed by atoms with van der Waals surface area (Å²) in [5.74, 6) is 0.174. The molecule has 2 aromatic heterocycles. The van der Waals surface area contributed by atoms with Gasteiger partial charge in [-0.3, -0.25) is 18.8 Å². The third-order valence-electron chi connectivity index (χ3n) is 4.91. The van der Waals surface area contributed by atoms with E-state index >= 15 is 0 Å². The summed E-state index contributed by atoms with van der Waals surface area (Å²) in [6, 6.07) is 17.3. The van der Waals surface area contributed by atoms with E-state index < -0.39 is 0 Å². The molecule has 0 aliphatic heterocycles. The first kappa shape index (κ1) is 18.6. The molecule has 7 heteroatoms. The number of carbonyl (C=O) groups is 1. The van der Waals surface area contributed by atoms with Crippen LogP contribution in [0.1, 0.15) is 24.1 Å². The molecule has 4 rings (SSSR count). The lowest BCUT2D eigenvalue weighted by Crippen LogP contribution is -2.28. The average Bonchev–Trinajstić information content (AvgIpc) is 3.10. The summed E-state index contributed by atoms with van der Waals surface area (Å²) in [6.45, 7) is 3.84. The van der Waals surface area contributed by atoms with Crippen LogP contribution in [0.3, 0.4) is 0 Å². The molecule has 2 heterocycles. The van der Waals surface area contributed by atoms with Gasteiger partial charge >= 0.3 is 0 Å². The average molecular weight is 387 g/mol. The Balaban J connectivity index is 1.55. The van der Waals surface area contributed by atoms with Crippen LogP contribution in [0.25, 0.3) is 11.0 Å². The summed E-state index contributed by atoms with van der Waals surface area (Å²) in [4.78, 5) is 29.0. The van der Waals surface area contributed by atoms with Gasteiger partial charge in [0, 0.05) is 11.8 Å². The van der Waals surface area contributed by atoms with Gasteiger partial charge < -0.3 is 5.32 Å². The number of hydrogen-bond donors (Lipinski definition) is 1. The zero-order chi connectivity index (χ0) is 20.4. The number of hydrogen-bond acceptors (Lipinski definition) is 4. The molecule has 146 valence electrons. The molecule has 1 amide bonds. The third-order valence-corrected chi connectivity index (χ3v) is 4.91. The molecule has 0 aliphatic rings. The van der Waals surface area contributed by atoms with Crippen molar-refractivity contribution in [2.75, 3.05) is 5.32 Å². The monoisotopic (exact) mass is 387 g/mol. The van der Waals surface area contributed by atoms with Crippen molar-refractivity contribution >= 4 is 22.8 Å². The van der Waals surface area contributed by atoms with E-state index in [4.69, 9.17) is 0 Å². The second-order valence-electron chi connectivity index (χ2n) is 6.95. The van der Waals surface area contributed by atoms with E-state index in [1.165, 1.54) is 10.8 Å². The molecule has 0 unspecified atom stereocenters. The predicted octanol–water partition coefficient (Wildman–Crippen LogP) is 3.15. The molecule has 0 saturated heterocycles. The number of nitrogens with one attached hydrogen (secondary N) is 1. The highest BCUT2D eigenvalue weighted by molar-refractivity contribution is 5.91. The second kappa shape index (κ2) is 7.71. The van der Waals surface area contributed by atoms with Crippen LogP contribution in [-0.4, -0.2) is 25.2 Å². The van der Waals surface area contributed by atoms with Gasteiger partial charge in [-0.15, -0.1) is 0 Å². The molecule has 2 aromatic carbocycles. The van der Waals surface area contributed by atoms with E-state index in [9.17, 15) is 9.59 Å². The minimum Gasteiger partial charge on any atom is -0.307 e. The van der Waals surface area contributed by atoms with Crippen LogP contribution in [0.2, 0.25) is 0 Å². The van der Waals surface area contributed by atoms with Gasteiger partial charge in [0.25, 0.3) is 5.56 Å². The van der Waals surface area contributed by atoms with Crippen molar-refractivity contribution < 1.29 is 4.79 Å². The Bertz CT molecular complexity index is 1230. The van der Waals surface area contributed by atoms with Crippen LogP contribution in [0.5, 0.6) is 0 Å². The summed E-state index contributed by atoms with van der Waals surface area (Å²) in [5.41, 5.74) is 2.95. The second-order valence-corrected chi connectivity index (χ2v) is 6.95. The first-order chi connectivity index (χ1) is 14.0. The normalized spacial score (nSPS) is 12.1. The first-order valence-electron chi connectivity index (χ1n) is 9.38. The quantitative estimate of drug-likeness (QED) is 0.570. The molecular formula is C22H21N5O2. The first-order valence-corrected chi connectivity index (χ1v) is 9.38. The highest BCUT2D eigenvalue weighted by Crippen LogP contribution is 2.21. The fourth-order valence-corrected chi connectivity index (χ4v) is 3.28. The van der Waals surface area contributed by atoms with E-state index in [2.05, 4.69) is 22.3 Å². The van der Waals surface area contributed by atoms with Crippen LogP contribution < -0.4 is 10.9 Å². The fraction of sp³-hybridized carbons (Fsp3) is 0.182. The Hall–Kier alpha value is -3.74. The van der Waals surface area contributed by atoms with Crippen LogP contribution in [0.15, 0.2) is 71.8 Å². The van der Waals surface area contributed by atoms with Crippen molar-refractivity contribution in [1.29, 1.82) is 0 Å². The number of para-hydroxylation sites is 2. The van der Waals surface area contributed by atoms with E-state index in [0.29, 0.717) is 16.9 Å². The van der Waals surface area contributed by atoms with Crippen molar-refractivity contribution in [3.63, 3.8) is 0 Å². The molecule has 0 radical (unpaired) electrons. The SMILES string of the molecule is Cc1cn([C@@H](C)c2ccccc2)nc1NC(=O)Cn1c(=O)cnc2ccccc21. The number of amides is 1. The van der Waals surface area contributed by atoms with E-state index in [1.54, 1.807) is 12.1 Å². The smallest absolute Gasteiger partial charge is 0.269 e. The predicted molar refractivity (Wildman–Crippen MR) is 112 cm³/mol. The Morgan fingerprint density at radius 1 is 1.10 bits per heavy atom. The van der Waals surface area contributed by atoms with Crippen LogP contribution in [0, 0.1) is 6.92 Å². The number of nitrogens with zero attached hydrogens (tertiary/aromatic N) is 4. The standard InChI is InChI=1S/C22H21N5O2/c1-15-13-27(16(2)17-8-4-3-5-9-17)25-22(15)24-20(28)14-26-19-11-7-6-10-18(19)23-12-21(26)29/h3-13,16H,14H2,1-2H3,(H,24,25,28)/t16-/m0/s1. The molecule has 1 atom stereocenters. The van der Waals surface area contributed by atoms with Crippen LogP contribution >= 0.6 is 0 Å². The summed E-state index contributed by atoms with van der Waals surface area (Å²) in [5, 5.41) is 7.36. The number of benzene rings is 2. The van der Waals surface area contributed by atoms with Gasteiger partial charge in [-0.25, -0.2) is 4.98 Å². The van der Waals surface area contributed by atoms with Crippen LogP contribution in [-0.2, 0) is 11.3 Å². The molecular weight excluding hydrogens is 366 g/mol. The lowest BCUT2D eigenvalue weighted by Gasteiger charge is -2.12. The number of rotatable bonds is 5. The van der Waals surface area contributed by atoms with Crippen LogP contribution in [0.4, 0.5) is 5.82 Å². The minimum absolute atomic E-state index is 0.0345. The minimum atomic E-state index is -0.321. The molecule has 4 aromatic rings. The van der Waals surface area contributed by atoms with E-state index in [1.807, 2.05) is 60.3 Å². The fourth-order valence-electron chi connectivity index (χ4n) is 3.28. The number of aromatic nitrogens is 4. The van der Waals surface area contributed by atoms with E-state index in [0.717, 1.165) is 11.1 Å². The molecule has 0 saturated carbocycles. The molecule has 29 heavy (non-hydrogen) atoms. The summed E-state index contributed by atoms with van der Waals surface area (Å²) < 4.78 is 3.24. The van der Waals surface area contributed by atoms with Crippen molar-refractivity contribution in [2.24, 2.45) is 0 Å². The molecule has 0 bridgehead atoms. The zero-order valence-electron chi connectivity index (χ0n) is 16.2. The molecule has 0 aliphatic carbocycles. The highest BCUT2D eigenvalue weighted by atomic mass is 16.2. The lowest BCUT2D eigenvalue weighted by atomic mass is 10.1. The largest absolute Gasteiger partial charge is 0.307 e. The Morgan fingerprint density at radius 3 is 2.62 bits per heavy atom. The van der Waals surface area contributed by atoms with Crippen molar-refractivity contribution in [1.82, 2.24) is 19.3 Å². The summed E-state index contributed by atoms with van der Waals surface area (Å²) >= 11 is 0. The van der Waals surface area contributed by atoms with Gasteiger partial charge in [0.15, 0.2) is 5.82 Å². The number of fused-ring (bicyclic) bond motifs is 1. The maximum Gasteiger partial charge on any atom is 0.269 e. The van der Waals surface area contributed by atoms with Gasteiger partial charge in [0.1, 0.15) is 6.54 Å². The molecule has 0 spiro atoms. The van der Waals surface area contributed by atoms with Crippen molar-refractivity contribution in [2.45, 2.75) is 26.4 Å². The Kier molecular flexibility index (Phi) is 4.95. The zero-order valence-corrected chi connectivity index (χ0v) is 16.2. The van der Waals surface area contributed by atoms with Gasteiger partial charge in [0.05, 0.1) is 23.3 Å². The summed E-state index contributed by atoms with van der Waals surface area (Å²) in [7, 11) is 0. The number of aryl methyl sites for hydroxylation is 1. The molecule has 0 fully saturated rings. The number of anilines is 1. The van der Waals surface area contributed by atoms with Crippen molar-refractivity contribution in [3.8, 4) is 0 Å². The molecule has 7 nitrogen and oxygen atoms in total. The van der Waals surface area contributed by atoms with Crippen molar-refractivity contribution in [3.05, 3.63) is 88.5 Å². The Morgan fingerprint density at radius 2 is 1.83 bits per heavy atom. The highest BCUT2D eigenvalue weighted by Gasteiger charge is 2.15. The van der Waals surface area contributed by atoms with Gasteiger partial charge in [-0.2, -0.15) is 5.10 Å². The van der Waals surface area contributed by atoms with Gasteiger partial charge in [-0.1, -0.05) is 42.5 Å². The number of carbonyl (C=O) groups excluding carboxylic acids is 1. The Labute approximate surface area is 167 Å². The van der Waals surface area contributed by atoms with Gasteiger partial charge in [0.2, 0.25) is 5.91 Å². The lowest BCUT2D eigenvalue weighted by molar-refractivity contribution is -0.116. The maximum absolute atomic E-state index is 12.6. The van der Waals surface area contributed by atoms with Gasteiger partial charge in [-0.05, 0) is 31.5 Å².